The molecular formula is C66H92OS4. The van der Waals surface area contributed by atoms with Crippen molar-refractivity contribution in [2.75, 3.05) is 11.5 Å². The second kappa shape index (κ2) is 33.4. The van der Waals surface area contributed by atoms with Crippen LogP contribution < -0.4 is 0 Å². The smallest absolute Gasteiger partial charge is 0.150 e. The van der Waals surface area contributed by atoms with Crippen LogP contribution in [0.15, 0.2) is 97.6 Å². The zero-order chi connectivity index (χ0) is 49.8. The van der Waals surface area contributed by atoms with Crippen molar-refractivity contribution in [2.24, 2.45) is 0 Å². The van der Waals surface area contributed by atoms with E-state index in [2.05, 4.69) is 130 Å². The lowest BCUT2D eigenvalue weighted by molar-refractivity contribution is 0.112. The van der Waals surface area contributed by atoms with Gasteiger partial charge in [-0.3, -0.25) is 4.79 Å². The maximum atomic E-state index is 11.6. The molecule has 0 unspecified atom stereocenters. The number of thioether (sulfide) groups is 4. The molecule has 0 atom stereocenters. The molecule has 1 heterocycles. The molecule has 0 saturated carbocycles. The minimum Gasteiger partial charge on any atom is -0.298 e. The van der Waals surface area contributed by atoms with Crippen LogP contribution in [0.5, 0.6) is 0 Å². The Labute approximate surface area is 451 Å². The fourth-order valence-electron chi connectivity index (χ4n) is 10.9. The predicted octanol–water partition coefficient (Wildman–Crippen LogP) is 23.3. The van der Waals surface area contributed by atoms with Crippen molar-refractivity contribution in [3.63, 3.8) is 0 Å². The van der Waals surface area contributed by atoms with E-state index in [4.69, 9.17) is 0 Å². The third-order valence-corrected chi connectivity index (χ3v) is 20.8. The Morgan fingerprint density at radius 1 is 0.394 bits per heavy atom. The maximum Gasteiger partial charge on any atom is 0.150 e. The van der Waals surface area contributed by atoms with E-state index in [0.29, 0.717) is 0 Å². The van der Waals surface area contributed by atoms with Gasteiger partial charge >= 0.3 is 0 Å². The van der Waals surface area contributed by atoms with Crippen molar-refractivity contribution in [3.05, 3.63) is 120 Å². The van der Waals surface area contributed by atoms with Gasteiger partial charge in [-0.15, -0.1) is 23.5 Å². The van der Waals surface area contributed by atoms with Gasteiger partial charge in [0.05, 0.1) is 12.7 Å². The summed E-state index contributed by atoms with van der Waals surface area (Å²) in [5, 5.41) is 0. The molecule has 1 nitrogen and oxygen atoms in total. The molecule has 71 heavy (non-hydrogen) atoms. The van der Waals surface area contributed by atoms with Gasteiger partial charge in [-0.1, -0.05) is 291 Å². The Hall–Kier alpha value is -2.57. The summed E-state index contributed by atoms with van der Waals surface area (Å²) in [5.74, 6) is 2.48. The normalized spacial score (nSPS) is 13.8. The number of hydrogen-bond acceptors (Lipinski definition) is 5. The highest BCUT2D eigenvalue weighted by Crippen LogP contribution is 2.58. The zero-order valence-corrected chi connectivity index (χ0v) is 48.2. The van der Waals surface area contributed by atoms with E-state index >= 15 is 0 Å². The van der Waals surface area contributed by atoms with Crippen molar-refractivity contribution in [1.82, 2.24) is 0 Å². The van der Waals surface area contributed by atoms with Crippen LogP contribution in [-0.4, -0.2) is 17.8 Å². The molecule has 1 aliphatic heterocycles. The number of hydrogen-bond donors (Lipinski definition) is 0. The van der Waals surface area contributed by atoms with E-state index in [-0.39, 0.29) is 5.41 Å². The van der Waals surface area contributed by atoms with E-state index in [9.17, 15) is 4.79 Å². The first-order chi connectivity index (χ1) is 35.0. The molecule has 4 aromatic carbocycles. The summed E-state index contributed by atoms with van der Waals surface area (Å²) in [6, 6.07) is 32.4. The van der Waals surface area contributed by atoms with Crippen LogP contribution in [0.25, 0.3) is 39.5 Å². The van der Waals surface area contributed by atoms with Crippen LogP contribution in [-0.2, 0) is 5.41 Å². The molecule has 0 N–H and O–H groups in total. The van der Waals surface area contributed by atoms with E-state index in [1.165, 1.54) is 253 Å². The first kappa shape index (κ1) is 57.7. The number of fused-ring (bicyclic) bond motifs is 3. The highest BCUT2D eigenvalue weighted by molar-refractivity contribution is 8.40. The molecule has 0 saturated heterocycles. The highest BCUT2D eigenvalue weighted by Gasteiger charge is 2.42. The highest BCUT2D eigenvalue weighted by atomic mass is 32.3. The Kier molecular flexibility index (Phi) is 27.1. The molecule has 2 aliphatic rings. The van der Waals surface area contributed by atoms with Crippen LogP contribution in [0.3, 0.4) is 0 Å². The predicted molar refractivity (Wildman–Crippen MR) is 325 cm³/mol. The summed E-state index contributed by atoms with van der Waals surface area (Å²) in [5.41, 5.74) is 13.0. The summed E-state index contributed by atoms with van der Waals surface area (Å²) in [4.78, 5) is 11.6. The molecule has 6 rings (SSSR count). The second-order valence-corrected chi connectivity index (χ2v) is 26.0. The van der Waals surface area contributed by atoms with Crippen molar-refractivity contribution in [1.29, 1.82) is 0 Å². The molecule has 0 aromatic heterocycles. The van der Waals surface area contributed by atoms with Gasteiger partial charge in [-0.05, 0) is 105 Å². The SMILES string of the molecule is CCCCCCCCCCSC1=C(SCCCCCCCCCC)SC(=Cc2ccc(-c3ccc4c(c3)C(CCCCCCCC)(CCCCCCCC)c3cc(-c5ccc(C=O)cc5)ccc3-4)cc2)S1. The van der Waals surface area contributed by atoms with E-state index in [1.54, 1.807) is 14.0 Å². The first-order valence-corrected chi connectivity index (χ1v) is 32.7. The molecule has 1 aliphatic carbocycles. The topological polar surface area (TPSA) is 17.1 Å². The van der Waals surface area contributed by atoms with Crippen LogP contribution >= 0.6 is 47.0 Å². The van der Waals surface area contributed by atoms with E-state index < -0.39 is 0 Å². The third kappa shape index (κ3) is 18.3. The largest absolute Gasteiger partial charge is 0.298 e. The summed E-state index contributed by atoms with van der Waals surface area (Å²) >= 11 is 8.33. The van der Waals surface area contributed by atoms with E-state index in [0.717, 1.165) is 11.8 Å². The molecule has 0 amide bonds. The number of rotatable bonds is 38. The van der Waals surface area contributed by atoms with Gasteiger partial charge in [0.1, 0.15) is 6.29 Å². The molecule has 0 radical (unpaired) electrons. The maximum absolute atomic E-state index is 11.6. The van der Waals surface area contributed by atoms with Crippen LogP contribution in [0.4, 0.5) is 0 Å². The monoisotopic (exact) mass is 1030 g/mol. The summed E-state index contributed by atoms with van der Waals surface area (Å²) < 4.78 is 4.54. The molecular weight excluding hydrogens is 937 g/mol. The number of benzene rings is 4. The zero-order valence-electron chi connectivity index (χ0n) is 44.9. The molecule has 0 fully saturated rings. The summed E-state index contributed by atoms with van der Waals surface area (Å²) in [6.45, 7) is 9.27. The lowest BCUT2D eigenvalue weighted by Crippen LogP contribution is -2.25. The van der Waals surface area contributed by atoms with Crippen molar-refractivity contribution in [2.45, 2.75) is 226 Å². The van der Waals surface area contributed by atoms with Crippen molar-refractivity contribution >= 4 is 59.4 Å². The fourth-order valence-corrected chi connectivity index (χ4v) is 16.8. The average molecular weight is 1030 g/mol. The quantitative estimate of drug-likeness (QED) is 0.0328. The average Bonchev–Trinajstić information content (AvgIpc) is 3.91. The Morgan fingerprint density at radius 3 is 1.11 bits per heavy atom. The Morgan fingerprint density at radius 2 is 0.732 bits per heavy atom. The second-order valence-electron chi connectivity index (χ2n) is 20.9. The lowest BCUT2D eigenvalue weighted by Gasteiger charge is -2.33. The van der Waals surface area contributed by atoms with Gasteiger partial charge in [0, 0.05) is 11.0 Å². The minimum atomic E-state index is -0.0167. The number of carbonyl (C=O) groups is 1. The molecule has 5 heteroatoms. The molecule has 386 valence electrons. The standard InChI is InChI=1S/C66H92OS4/c1-5-9-13-17-21-23-27-31-47-68-64-65(69-48-32-28-24-22-18-14-10-6-2)71-63(70-64)49-53-33-37-55(38-34-53)57-41-43-59-60-44-42-58(56-39-35-54(52-67)36-40-56)51-62(60)66(61(59)50-57,45-29-25-19-15-11-7-3)46-30-26-20-16-12-8-4/h33-44,49-52H,5-32,45-48H2,1-4H3. The molecule has 0 spiro atoms. The first-order valence-electron chi connectivity index (χ1n) is 29.1. The Balaban J connectivity index is 1.20. The third-order valence-electron chi connectivity index (χ3n) is 15.2. The summed E-state index contributed by atoms with van der Waals surface area (Å²) in [6.07, 6.45) is 43.6. The van der Waals surface area contributed by atoms with Gasteiger partial charge in [-0.2, -0.15) is 0 Å². The van der Waals surface area contributed by atoms with Gasteiger partial charge < -0.3 is 0 Å². The Bertz CT molecular complexity index is 2150. The van der Waals surface area contributed by atoms with Crippen LogP contribution in [0.2, 0.25) is 0 Å². The van der Waals surface area contributed by atoms with Crippen molar-refractivity contribution in [3.8, 4) is 33.4 Å². The summed E-state index contributed by atoms with van der Waals surface area (Å²) in [7, 11) is 0. The van der Waals surface area contributed by atoms with Gasteiger partial charge in [-0.25, -0.2) is 0 Å². The molecule has 0 bridgehead atoms. The van der Waals surface area contributed by atoms with Gasteiger partial charge in [0.25, 0.3) is 0 Å². The van der Waals surface area contributed by atoms with E-state index in [1.807, 2.05) is 35.7 Å². The number of unbranched alkanes of at least 4 members (excludes halogenated alkanes) is 24. The minimum absolute atomic E-state index is 0.0167. The van der Waals surface area contributed by atoms with Crippen molar-refractivity contribution < 1.29 is 4.79 Å². The number of carbonyl (C=O) groups excluding carboxylic acids is 1. The number of aldehydes is 1. The van der Waals surface area contributed by atoms with Crippen LogP contribution in [0.1, 0.15) is 247 Å². The van der Waals surface area contributed by atoms with Gasteiger partial charge in [0.2, 0.25) is 0 Å². The molecule has 4 aromatic rings. The van der Waals surface area contributed by atoms with Crippen LogP contribution in [0, 0.1) is 0 Å². The fraction of sp³-hybridized carbons (Fsp3) is 0.561. The van der Waals surface area contributed by atoms with Gasteiger partial charge in [0.15, 0.2) is 0 Å². The lowest BCUT2D eigenvalue weighted by atomic mass is 9.70.